The third kappa shape index (κ3) is 6.80. The molecular formula is C18H33NO3. The van der Waals surface area contributed by atoms with E-state index in [0.29, 0.717) is 12.5 Å². The minimum absolute atomic E-state index is 0.0255. The predicted molar refractivity (Wildman–Crippen MR) is 88.7 cm³/mol. The molecular weight excluding hydrogens is 278 g/mol. The van der Waals surface area contributed by atoms with Crippen LogP contribution in [0.2, 0.25) is 0 Å². The Kier molecular flexibility index (Phi) is 9.17. The highest BCUT2D eigenvalue weighted by Crippen LogP contribution is 2.28. The number of nitrogens with zero attached hydrogens (tertiary/aromatic N) is 1. The normalized spacial score (nSPS) is 20.7. The zero-order chi connectivity index (χ0) is 16.4. The topological polar surface area (TPSA) is 57.6 Å². The first-order chi connectivity index (χ1) is 10.6. The number of carboxylic acids is 1. The summed E-state index contributed by atoms with van der Waals surface area (Å²) >= 11 is 0. The fraction of sp³-hybridized carbons (Fsp3) is 0.889. The Morgan fingerprint density at radius 3 is 2.59 bits per heavy atom. The van der Waals surface area contributed by atoms with Crippen LogP contribution in [0, 0.1) is 11.8 Å². The van der Waals surface area contributed by atoms with Crippen molar-refractivity contribution in [2.75, 3.05) is 13.1 Å². The molecule has 1 N–H and O–H groups in total. The number of carboxylic acid groups (broad SMARTS) is 1. The van der Waals surface area contributed by atoms with Gasteiger partial charge in [-0.25, -0.2) is 0 Å². The standard InChI is InChI=1S/C18H33NO3/c1-3-4-5-6-7-8-11-15(2)16-12-9-10-13-19(18(16)22)14-17(20)21/h15-16H,3-14H2,1-2H3,(H,20,21). The lowest BCUT2D eigenvalue weighted by molar-refractivity contribution is -0.146. The minimum Gasteiger partial charge on any atom is -0.480 e. The van der Waals surface area contributed by atoms with Crippen molar-refractivity contribution >= 4 is 11.9 Å². The second-order valence-corrected chi connectivity index (χ2v) is 6.79. The van der Waals surface area contributed by atoms with E-state index in [4.69, 9.17) is 5.11 Å². The van der Waals surface area contributed by atoms with E-state index in [-0.39, 0.29) is 18.4 Å². The van der Waals surface area contributed by atoms with Crippen molar-refractivity contribution in [1.29, 1.82) is 0 Å². The lowest BCUT2D eigenvalue weighted by atomic mass is 9.85. The summed E-state index contributed by atoms with van der Waals surface area (Å²) in [6, 6.07) is 0. The molecule has 1 heterocycles. The lowest BCUT2D eigenvalue weighted by Crippen LogP contribution is -2.40. The van der Waals surface area contributed by atoms with Crippen LogP contribution in [-0.4, -0.2) is 35.0 Å². The summed E-state index contributed by atoms with van der Waals surface area (Å²) in [6.07, 6.45) is 11.6. The van der Waals surface area contributed by atoms with E-state index >= 15 is 0 Å². The molecule has 1 aliphatic heterocycles. The first kappa shape index (κ1) is 19.0. The van der Waals surface area contributed by atoms with E-state index < -0.39 is 5.97 Å². The Balaban J connectivity index is 2.39. The Morgan fingerprint density at radius 2 is 1.91 bits per heavy atom. The van der Waals surface area contributed by atoms with Gasteiger partial charge in [-0.1, -0.05) is 58.8 Å². The van der Waals surface area contributed by atoms with Crippen LogP contribution in [0.5, 0.6) is 0 Å². The molecule has 0 spiro atoms. The van der Waals surface area contributed by atoms with Gasteiger partial charge in [0.15, 0.2) is 0 Å². The smallest absolute Gasteiger partial charge is 0.323 e. The van der Waals surface area contributed by atoms with Gasteiger partial charge in [0.1, 0.15) is 6.54 Å². The number of likely N-dealkylation sites (tertiary alicyclic amines) is 1. The van der Waals surface area contributed by atoms with E-state index in [9.17, 15) is 9.59 Å². The van der Waals surface area contributed by atoms with Crippen LogP contribution in [0.3, 0.4) is 0 Å². The van der Waals surface area contributed by atoms with E-state index in [1.807, 2.05) is 0 Å². The SMILES string of the molecule is CCCCCCCCC(C)C1CCCCN(CC(=O)O)C1=O. The zero-order valence-corrected chi connectivity index (χ0v) is 14.4. The molecule has 1 aliphatic rings. The number of rotatable bonds is 10. The average molecular weight is 311 g/mol. The fourth-order valence-corrected chi connectivity index (χ4v) is 3.43. The molecule has 1 saturated heterocycles. The van der Waals surface area contributed by atoms with Crippen LogP contribution in [0.4, 0.5) is 0 Å². The van der Waals surface area contributed by atoms with Crippen LogP contribution in [0.15, 0.2) is 0 Å². The largest absolute Gasteiger partial charge is 0.480 e. The van der Waals surface area contributed by atoms with Crippen LogP contribution in [0.1, 0.15) is 78.1 Å². The van der Waals surface area contributed by atoms with E-state index in [1.165, 1.54) is 38.5 Å². The maximum atomic E-state index is 12.6. The molecule has 2 atom stereocenters. The van der Waals surface area contributed by atoms with Gasteiger partial charge in [0, 0.05) is 12.5 Å². The van der Waals surface area contributed by atoms with Crippen molar-refractivity contribution in [3.8, 4) is 0 Å². The molecule has 1 fully saturated rings. The molecule has 0 aromatic rings. The summed E-state index contributed by atoms with van der Waals surface area (Å²) in [5, 5.41) is 8.95. The quantitative estimate of drug-likeness (QED) is 0.618. The van der Waals surface area contributed by atoms with E-state index in [0.717, 1.165) is 25.7 Å². The van der Waals surface area contributed by atoms with Gasteiger partial charge in [-0.3, -0.25) is 9.59 Å². The Bertz CT molecular complexity index is 343. The number of hydrogen-bond donors (Lipinski definition) is 1. The molecule has 128 valence electrons. The number of unbranched alkanes of at least 4 members (excludes halogenated alkanes) is 5. The van der Waals surface area contributed by atoms with Gasteiger partial charge in [-0.15, -0.1) is 0 Å². The Morgan fingerprint density at radius 1 is 1.23 bits per heavy atom. The maximum Gasteiger partial charge on any atom is 0.323 e. The van der Waals surface area contributed by atoms with Crippen LogP contribution in [0.25, 0.3) is 0 Å². The highest BCUT2D eigenvalue weighted by Gasteiger charge is 2.31. The maximum absolute atomic E-state index is 12.6. The third-order valence-electron chi connectivity index (χ3n) is 4.85. The molecule has 22 heavy (non-hydrogen) atoms. The van der Waals surface area contributed by atoms with Crippen molar-refractivity contribution < 1.29 is 14.7 Å². The summed E-state index contributed by atoms with van der Waals surface area (Å²) in [6.45, 7) is 4.85. The summed E-state index contributed by atoms with van der Waals surface area (Å²) in [7, 11) is 0. The molecule has 0 bridgehead atoms. The molecule has 1 rings (SSSR count). The molecule has 4 heteroatoms. The minimum atomic E-state index is -0.905. The predicted octanol–water partition coefficient (Wildman–Crippen LogP) is 4.09. The Hall–Kier alpha value is -1.06. The van der Waals surface area contributed by atoms with Gasteiger partial charge < -0.3 is 10.0 Å². The highest BCUT2D eigenvalue weighted by atomic mass is 16.4. The first-order valence-corrected chi connectivity index (χ1v) is 9.06. The van der Waals surface area contributed by atoms with Gasteiger partial charge in [0.05, 0.1) is 0 Å². The van der Waals surface area contributed by atoms with Crippen molar-refractivity contribution in [3.05, 3.63) is 0 Å². The number of amides is 1. The summed E-state index contributed by atoms with van der Waals surface area (Å²) in [5.41, 5.74) is 0. The molecule has 1 amide bonds. The molecule has 0 aromatic heterocycles. The van der Waals surface area contributed by atoms with Crippen LogP contribution in [-0.2, 0) is 9.59 Å². The lowest BCUT2D eigenvalue weighted by Gasteiger charge is -2.26. The summed E-state index contributed by atoms with van der Waals surface area (Å²) < 4.78 is 0. The van der Waals surface area contributed by atoms with Gasteiger partial charge >= 0.3 is 5.97 Å². The fourth-order valence-electron chi connectivity index (χ4n) is 3.43. The number of carbonyl (C=O) groups is 2. The third-order valence-corrected chi connectivity index (χ3v) is 4.85. The molecule has 2 unspecified atom stereocenters. The first-order valence-electron chi connectivity index (χ1n) is 9.06. The van der Waals surface area contributed by atoms with Gasteiger partial charge in [0.25, 0.3) is 0 Å². The number of aliphatic carboxylic acids is 1. The molecule has 0 aromatic carbocycles. The van der Waals surface area contributed by atoms with E-state index in [1.54, 1.807) is 4.90 Å². The average Bonchev–Trinajstić information content (AvgIpc) is 2.65. The second kappa shape index (κ2) is 10.6. The number of carbonyl (C=O) groups excluding carboxylic acids is 1. The second-order valence-electron chi connectivity index (χ2n) is 6.79. The van der Waals surface area contributed by atoms with Crippen molar-refractivity contribution in [2.45, 2.75) is 78.1 Å². The Labute approximate surface area is 135 Å². The van der Waals surface area contributed by atoms with Gasteiger partial charge in [-0.05, 0) is 25.2 Å². The van der Waals surface area contributed by atoms with Crippen molar-refractivity contribution in [2.24, 2.45) is 11.8 Å². The molecule has 0 radical (unpaired) electrons. The summed E-state index contributed by atoms with van der Waals surface area (Å²) in [5.74, 6) is -0.443. The van der Waals surface area contributed by atoms with Crippen LogP contribution >= 0.6 is 0 Å². The highest BCUT2D eigenvalue weighted by molar-refractivity contribution is 5.83. The monoisotopic (exact) mass is 311 g/mol. The molecule has 0 aliphatic carbocycles. The molecule has 4 nitrogen and oxygen atoms in total. The van der Waals surface area contributed by atoms with Crippen molar-refractivity contribution in [3.63, 3.8) is 0 Å². The number of hydrogen-bond acceptors (Lipinski definition) is 2. The zero-order valence-electron chi connectivity index (χ0n) is 14.4. The van der Waals surface area contributed by atoms with Gasteiger partial charge in [-0.2, -0.15) is 0 Å². The van der Waals surface area contributed by atoms with E-state index in [2.05, 4.69) is 13.8 Å². The molecule has 0 saturated carbocycles. The summed E-state index contributed by atoms with van der Waals surface area (Å²) in [4.78, 5) is 25.0. The van der Waals surface area contributed by atoms with Crippen molar-refractivity contribution in [1.82, 2.24) is 4.90 Å². The van der Waals surface area contributed by atoms with Gasteiger partial charge in [0.2, 0.25) is 5.91 Å². The van der Waals surface area contributed by atoms with Crippen LogP contribution < -0.4 is 0 Å².